The highest BCUT2D eigenvalue weighted by Gasteiger charge is 2.30. The monoisotopic (exact) mass is 474 g/mol. The van der Waals surface area contributed by atoms with E-state index in [0.29, 0.717) is 13.1 Å². The summed E-state index contributed by atoms with van der Waals surface area (Å²) >= 11 is 3.91. The molecule has 0 aliphatic carbocycles. The SMILES string of the molecule is CC(C)(SCc1ccccc1)C(CN)NCCNC(CN)C(C)(C)SCc1ccccc1. The molecule has 0 heterocycles. The molecule has 178 valence electrons. The lowest BCUT2D eigenvalue weighted by Crippen LogP contribution is -2.54. The van der Waals surface area contributed by atoms with Gasteiger partial charge in [0.15, 0.2) is 0 Å². The molecular formula is C26H42N4S2. The quantitative estimate of drug-likeness (QED) is 0.289. The van der Waals surface area contributed by atoms with Crippen molar-refractivity contribution in [2.45, 2.75) is 60.8 Å². The molecule has 2 aromatic rings. The molecule has 0 bridgehead atoms. The molecule has 0 aliphatic rings. The van der Waals surface area contributed by atoms with Crippen LogP contribution in [0.2, 0.25) is 0 Å². The van der Waals surface area contributed by atoms with E-state index < -0.39 is 0 Å². The molecule has 0 amide bonds. The van der Waals surface area contributed by atoms with Gasteiger partial charge >= 0.3 is 0 Å². The van der Waals surface area contributed by atoms with E-state index in [-0.39, 0.29) is 21.6 Å². The molecule has 2 unspecified atom stereocenters. The van der Waals surface area contributed by atoms with E-state index >= 15 is 0 Å². The van der Waals surface area contributed by atoms with Crippen molar-refractivity contribution in [1.82, 2.24) is 10.6 Å². The first kappa shape index (κ1) is 27.2. The minimum atomic E-state index is 0.0443. The molecule has 0 saturated heterocycles. The van der Waals surface area contributed by atoms with Gasteiger partial charge < -0.3 is 22.1 Å². The first-order chi connectivity index (χ1) is 15.3. The molecule has 2 atom stereocenters. The summed E-state index contributed by atoms with van der Waals surface area (Å²) in [6.07, 6.45) is 0. The second-order valence-corrected chi connectivity index (χ2v) is 12.5. The van der Waals surface area contributed by atoms with Gasteiger partial charge in [0.2, 0.25) is 0 Å². The maximum atomic E-state index is 6.14. The lowest BCUT2D eigenvalue weighted by atomic mass is 10.0. The Morgan fingerprint density at radius 3 is 1.31 bits per heavy atom. The van der Waals surface area contributed by atoms with Crippen LogP contribution in [0.4, 0.5) is 0 Å². The summed E-state index contributed by atoms with van der Waals surface area (Å²) in [6, 6.07) is 21.7. The van der Waals surface area contributed by atoms with Crippen molar-refractivity contribution in [3.05, 3.63) is 71.8 Å². The van der Waals surface area contributed by atoms with Crippen molar-refractivity contribution < 1.29 is 0 Å². The molecule has 0 aliphatic heterocycles. The summed E-state index contributed by atoms with van der Waals surface area (Å²) in [7, 11) is 0. The average Bonchev–Trinajstić information content (AvgIpc) is 2.80. The lowest BCUT2D eigenvalue weighted by molar-refractivity contribution is 0.401. The van der Waals surface area contributed by atoms with Gasteiger partial charge in [-0.15, -0.1) is 23.5 Å². The van der Waals surface area contributed by atoms with Gasteiger partial charge in [0.1, 0.15) is 0 Å². The van der Waals surface area contributed by atoms with Crippen LogP contribution in [0.5, 0.6) is 0 Å². The molecule has 6 heteroatoms. The van der Waals surface area contributed by atoms with E-state index in [9.17, 15) is 0 Å². The topological polar surface area (TPSA) is 76.1 Å². The first-order valence-electron chi connectivity index (χ1n) is 11.5. The smallest absolute Gasteiger partial charge is 0.0332 e. The minimum absolute atomic E-state index is 0.0443. The zero-order valence-corrected chi connectivity index (χ0v) is 21.8. The third-order valence-corrected chi connectivity index (χ3v) is 8.98. The molecule has 0 spiro atoms. The zero-order valence-electron chi connectivity index (χ0n) is 20.1. The maximum absolute atomic E-state index is 6.14. The van der Waals surface area contributed by atoms with Crippen molar-refractivity contribution in [2.24, 2.45) is 11.5 Å². The van der Waals surface area contributed by atoms with Crippen LogP contribution in [0.3, 0.4) is 0 Å². The third kappa shape index (κ3) is 9.08. The number of hydrogen-bond acceptors (Lipinski definition) is 6. The zero-order chi connectivity index (χ0) is 23.5. The highest BCUT2D eigenvalue weighted by Crippen LogP contribution is 2.32. The fourth-order valence-electron chi connectivity index (χ4n) is 3.61. The van der Waals surface area contributed by atoms with Crippen molar-refractivity contribution in [3.8, 4) is 0 Å². The van der Waals surface area contributed by atoms with Gasteiger partial charge in [-0.3, -0.25) is 0 Å². The van der Waals surface area contributed by atoms with E-state index in [0.717, 1.165) is 24.6 Å². The molecule has 2 rings (SSSR count). The van der Waals surface area contributed by atoms with Gasteiger partial charge in [-0.2, -0.15) is 0 Å². The van der Waals surface area contributed by atoms with Gasteiger partial charge in [0.05, 0.1) is 0 Å². The molecule has 6 N–H and O–H groups in total. The van der Waals surface area contributed by atoms with Gasteiger partial charge in [-0.1, -0.05) is 60.7 Å². The summed E-state index contributed by atoms with van der Waals surface area (Å²) in [4.78, 5) is 0. The van der Waals surface area contributed by atoms with E-state index in [1.807, 2.05) is 23.5 Å². The Morgan fingerprint density at radius 1 is 0.656 bits per heavy atom. The van der Waals surface area contributed by atoms with Crippen LogP contribution in [-0.4, -0.2) is 47.8 Å². The maximum Gasteiger partial charge on any atom is 0.0332 e. The van der Waals surface area contributed by atoms with Crippen molar-refractivity contribution in [1.29, 1.82) is 0 Å². The Hall–Kier alpha value is -1.02. The predicted molar refractivity (Wildman–Crippen MR) is 145 cm³/mol. The Kier molecular flexibility index (Phi) is 11.6. The van der Waals surface area contributed by atoms with E-state index in [4.69, 9.17) is 11.5 Å². The molecule has 4 nitrogen and oxygen atoms in total. The van der Waals surface area contributed by atoms with Crippen molar-refractivity contribution in [2.75, 3.05) is 26.2 Å². The van der Waals surface area contributed by atoms with Crippen molar-refractivity contribution >= 4 is 23.5 Å². The lowest BCUT2D eigenvalue weighted by Gasteiger charge is -2.36. The fourth-order valence-corrected chi connectivity index (χ4v) is 5.83. The highest BCUT2D eigenvalue weighted by molar-refractivity contribution is 8.00. The Bertz CT molecular complexity index is 687. The van der Waals surface area contributed by atoms with Crippen LogP contribution in [-0.2, 0) is 11.5 Å². The van der Waals surface area contributed by atoms with Gasteiger partial charge in [-0.05, 0) is 38.8 Å². The van der Waals surface area contributed by atoms with Crippen LogP contribution < -0.4 is 22.1 Å². The third-order valence-electron chi connectivity index (χ3n) is 5.96. The van der Waals surface area contributed by atoms with Crippen LogP contribution in [0.25, 0.3) is 0 Å². The number of benzene rings is 2. The summed E-state index contributed by atoms with van der Waals surface area (Å²) in [5, 5.41) is 7.36. The second kappa shape index (κ2) is 13.6. The van der Waals surface area contributed by atoms with E-state index in [1.165, 1.54) is 11.1 Å². The first-order valence-corrected chi connectivity index (χ1v) is 13.5. The average molecular weight is 475 g/mol. The van der Waals surface area contributed by atoms with Crippen LogP contribution >= 0.6 is 23.5 Å². The van der Waals surface area contributed by atoms with E-state index in [1.54, 1.807) is 0 Å². The van der Waals surface area contributed by atoms with Crippen LogP contribution in [0.15, 0.2) is 60.7 Å². The summed E-state index contributed by atoms with van der Waals surface area (Å²) in [5.74, 6) is 1.98. The second-order valence-electron chi connectivity index (χ2n) is 9.24. The summed E-state index contributed by atoms with van der Waals surface area (Å²) in [5.41, 5.74) is 15.0. The fraction of sp³-hybridized carbons (Fsp3) is 0.538. The van der Waals surface area contributed by atoms with Crippen LogP contribution in [0.1, 0.15) is 38.8 Å². The summed E-state index contributed by atoms with van der Waals surface area (Å²) in [6.45, 7) is 12.1. The van der Waals surface area contributed by atoms with Crippen LogP contribution in [0, 0.1) is 0 Å². The number of nitrogens with two attached hydrogens (primary N) is 2. The molecule has 0 saturated carbocycles. The largest absolute Gasteiger partial charge is 0.329 e. The number of thioether (sulfide) groups is 2. The van der Waals surface area contributed by atoms with Gasteiger partial charge in [0, 0.05) is 59.3 Å². The van der Waals surface area contributed by atoms with Crippen molar-refractivity contribution in [3.63, 3.8) is 0 Å². The molecule has 2 aromatic carbocycles. The Labute approximate surface area is 204 Å². The summed E-state index contributed by atoms with van der Waals surface area (Å²) < 4.78 is 0.0886. The van der Waals surface area contributed by atoms with Gasteiger partial charge in [-0.25, -0.2) is 0 Å². The normalized spacial score (nSPS) is 14.3. The Balaban J connectivity index is 1.77. The predicted octanol–water partition coefficient (Wildman–Crippen LogP) is 4.24. The number of nitrogens with one attached hydrogen (secondary N) is 2. The Morgan fingerprint density at radius 2 is 1.00 bits per heavy atom. The molecule has 0 fully saturated rings. The molecule has 0 radical (unpaired) electrons. The van der Waals surface area contributed by atoms with Gasteiger partial charge in [0.25, 0.3) is 0 Å². The molecule has 32 heavy (non-hydrogen) atoms. The minimum Gasteiger partial charge on any atom is -0.329 e. The number of hydrogen-bond donors (Lipinski definition) is 4. The standard InChI is InChI=1S/C26H42N4S2/c1-25(2,31-19-21-11-7-5-8-12-21)23(17-27)29-15-16-30-24(18-28)26(3,4)32-20-22-13-9-6-10-14-22/h5-14,23-24,29-30H,15-20,27-28H2,1-4H3. The molecule has 0 aromatic heterocycles. The number of rotatable bonds is 15. The molecular weight excluding hydrogens is 432 g/mol. The highest BCUT2D eigenvalue weighted by atomic mass is 32.2. The van der Waals surface area contributed by atoms with E-state index in [2.05, 4.69) is 99.0 Å².